The van der Waals surface area contributed by atoms with Crippen molar-refractivity contribution in [3.63, 3.8) is 0 Å². The summed E-state index contributed by atoms with van der Waals surface area (Å²) in [5.74, 6) is 1.29. The van der Waals surface area contributed by atoms with Gasteiger partial charge in [-0.25, -0.2) is 0 Å². The summed E-state index contributed by atoms with van der Waals surface area (Å²) in [5.41, 5.74) is -0.789. The van der Waals surface area contributed by atoms with Gasteiger partial charge in [-0.3, -0.25) is 4.79 Å². The first-order chi connectivity index (χ1) is 6.87. The van der Waals surface area contributed by atoms with Crippen molar-refractivity contribution in [2.24, 2.45) is 5.92 Å². The predicted octanol–water partition coefficient (Wildman–Crippen LogP) is 1.65. The largest absolute Gasteiger partial charge is 0.388 e. The minimum atomic E-state index is -0.789. The zero-order chi connectivity index (χ0) is 11.9. The van der Waals surface area contributed by atoms with Crippen LogP contribution in [0.3, 0.4) is 0 Å². The van der Waals surface area contributed by atoms with Gasteiger partial charge in [0.25, 0.3) is 0 Å². The Morgan fingerprint density at radius 2 is 2.13 bits per heavy atom. The Kier molecular flexibility index (Phi) is 7.02. The number of aliphatic hydroxyl groups is 1. The Bertz CT molecular complexity index is 193. The minimum Gasteiger partial charge on any atom is -0.388 e. The molecule has 2 N–H and O–H groups in total. The van der Waals surface area contributed by atoms with E-state index < -0.39 is 5.60 Å². The van der Waals surface area contributed by atoms with Gasteiger partial charge in [0.1, 0.15) is 0 Å². The van der Waals surface area contributed by atoms with E-state index >= 15 is 0 Å². The highest BCUT2D eigenvalue weighted by molar-refractivity contribution is 7.98. The fraction of sp³-hybridized carbons (Fsp3) is 0.909. The van der Waals surface area contributed by atoms with Gasteiger partial charge in [0.2, 0.25) is 5.91 Å². The van der Waals surface area contributed by atoms with Gasteiger partial charge in [0.05, 0.1) is 5.60 Å². The number of rotatable bonds is 7. The van der Waals surface area contributed by atoms with Gasteiger partial charge in [0, 0.05) is 18.7 Å². The molecular weight excluding hydrogens is 210 g/mol. The molecule has 0 aromatic heterocycles. The molecule has 0 rings (SSSR count). The average molecular weight is 233 g/mol. The molecule has 0 aliphatic carbocycles. The maximum absolute atomic E-state index is 11.3. The highest BCUT2D eigenvalue weighted by Gasteiger charge is 2.22. The monoisotopic (exact) mass is 233 g/mol. The summed E-state index contributed by atoms with van der Waals surface area (Å²) in [6.07, 6.45) is 3.21. The Hall–Kier alpha value is -0.220. The molecule has 1 amide bonds. The van der Waals surface area contributed by atoms with Crippen LogP contribution in [0.25, 0.3) is 0 Å². The lowest BCUT2D eigenvalue weighted by Crippen LogP contribution is -2.41. The molecule has 0 aliphatic heterocycles. The maximum atomic E-state index is 11.3. The molecule has 3 nitrogen and oxygen atoms in total. The number of thioether (sulfide) groups is 1. The van der Waals surface area contributed by atoms with E-state index in [2.05, 4.69) is 19.2 Å². The Labute approximate surface area is 97.0 Å². The van der Waals surface area contributed by atoms with Crippen LogP contribution in [0.5, 0.6) is 0 Å². The van der Waals surface area contributed by atoms with E-state index in [9.17, 15) is 9.90 Å². The molecule has 1 unspecified atom stereocenters. The molecule has 0 fully saturated rings. The second-order valence-corrected chi connectivity index (χ2v) is 5.60. The van der Waals surface area contributed by atoms with E-state index in [4.69, 9.17) is 0 Å². The van der Waals surface area contributed by atoms with Crippen molar-refractivity contribution in [3.8, 4) is 0 Å². The number of carbonyl (C=O) groups excluding carboxylic acids is 1. The lowest BCUT2D eigenvalue weighted by Gasteiger charge is -2.25. The van der Waals surface area contributed by atoms with Crippen LogP contribution in [-0.4, -0.2) is 35.2 Å². The molecular formula is C11H23NO2S. The quantitative estimate of drug-likeness (QED) is 0.703. The highest BCUT2D eigenvalue weighted by Crippen LogP contribution is 2.14. The third-order valence-corrected chi connectivity index (χ3v) is 2.66. The second kappa shape index (κ2) is 7.12. The maximum Gasteiger partial charge on any atom is 0.220 e. The van der Waals surface area contributed by atoms with Crippen molar-refractivity contribution in [1.29, 1.82) is 0 Å². The van der Waals surface area contributed by atoms with Gasteiger partial charge in [-0.15, -0.1) is 0 Å². The topological polar surface area (TPSA) is 49.3 Å². The smallest absolute Gasteiger partial charge is 0.220 e. The Morgan fingerprint density at radius 3 is 2.60 bits per heavy atom. The van der Waals surface area contributed by atoms with E-state index in [1.807, 2.05) is 6.26 Å². The van der Waals surface area contributed by atoms with Crippen molar-refractivity contribution in [2.45, 2.75) is 39.2 Å². The molecule has 0 bridgehead atoms. The summed E-state index contributed by atoms with van der Waals surface area (Å²) in [4.78, 5) is 11.3. The van der Waals surface area contributed by atoms with Crippen molar-refractivity contribution in [2.75, 3.05) is 18.6 Å². The van der Waals surface area contributed by atoms with E-state index in [0.717, 1.165) is 5.75 Å². The van der Waals surface area contributed by atoms with Crippen LogP contribution >= 0.6 is 11.8 Å². The van der Waals surface area contributed by atoms with Crippen LogP contribution in [0, 0.1) is 5.92 Å². The lowest BCUT2D eigenvalue weighted by atomic mass is 9.94. The van der Waals surface area contributed by atoms with Gasteiger partial charge in [-0.2, -0.15) is 11.8 Å². The zero-order valence-electron chi connectivity index (χ0n) is 10.2. The SMILES string of the molecule is CSCCC(=O)NCC(C)(O)CC(C)C. The summed E-state index contributed by atoms with van der Waals surface area (Å²) in [6, 6.07) is 0. The van der Waals surface area contributed by atoms with Crippen molar-refractivity contribution < 1.29 is 9.90 Å². The van der Waals surface area contributed by atoms with Gasteiger partial charge < -0.3 is 10.4 Å². The van der Waals surface area contributed by atoms with Crippen molar-refractivity contribution in [3.05, 3.63) is 0 Å². The summed E-state index contributed by atoms with van der Waals surface area (Å²) < 4.78 is 0. The van der Waals surface area contributed by atoms with E-state index in [0.29, 0.717) is 25.3 Å². The first kappa shape index (κ1) is 14.8. The summed E-state index contributed by atoms with van der Waals surface area (Å²) >= 11 is 1.65. The molecule has 15 heavy (non-hydrogen) atoms. The van der Waals surface area contributed by atoms with Crippen LogP contribution in [0.1, 0.15) is 33.6 Å². The summed E-state index contributed by atoms with van der Waals surface area (Å²) in [5, 5.41) is 12.7. The van der Waals surface area contributed by atoms with Gasteiger partial charge in [-0.1, -0.05) is 13.8 Å². The van der Waals surface area contributed by atoms with Gasteiger partial charge in [-0.05, 0) is 25.5 Å². The molecule has 0 saturated carbocycles. The van der Waals surface area contributed by atoms with Crippen LogP contribution in [-0.2, 0) is 4.79 Å². The molecule has 0 heterocycles. The van der Waals surface area contributed by atoms with Crippen LogP contribution in [0.4, 0.5) is 0 Å². The molecule has 1 atom stereocenters. The molecule has 90 valence electrons. The average Bonchev–Trinajstić information content (AvgIpc) is 2.09. The van der Waals surface area contributed by atoms with Crippen LogP contribution in [0.2, 0.25) is 0 Å². The van der Waals surface area contributed by atoms with Gasteiger partial charge >= 0.3 is 0 Å². The number of hydrogen-bond acceptors (Lipinski definition) is 3. The minimum absolute atomic E-state index is 0.0216. The van der Waals surface area contributed by atoms with Crippen molar-refractivity contribution in [1.82, 2.24) is 5.32 Å². The first-order valence-corrected chi connectivity index (χ1v) is 6.75. The summed E-state index contributed by atoms with van der Waals surface area (Å²) in [6.45, 7) is 6.23. The Balaban J connectivity index is 3.77. The number of nitrogens with one attached hydrogen (secondary N) is 1. The van der Waals surface area contributed by atoms with E-state index in [-0.39, 0.29) is 5.91 Å². The standard InChI is InChI=1S/C11H23NO2S/c1-9(2)7-11(3,14)8-12-10(13)5-6-15-4/h9,14H,5-8H2,1-4H3,(H,12,13). The fourth-order valence-corrected chi connectivity index (χ4v) is 1.91. The number of amides is 1. The molecule has 0 aliphatic rings. The predicted molar refractivity (Wildman–Crippen MR) is 66.1 cm³/mol. The molecule has 0 aromatic carbocycles. The van der Waals surface area contributed by atoms with E-state index in [1.165, 1.54) is 0 Å². The van der Waals surface area contributed by atoms with Gasteiger partial charge in [0.15, 0.2) is 0 Å². The van der Waals surface area contributed by atoms with Crippen LogP contribution < -0.4 is 5.32 Å². The lowest BCUT2D eigenvalue weighted by molar-refractivity contribution is -0.121. The number of hydrogen-bond donors (Lipinski definition) is 2. The van der Waals surface area contributed by atoms with Crippen molar-refractivity contribution >= 4 is 17.7 Å². The molecule has 4 heteroatoms. The second-order valence-electron chi connectivity index (χ2n) is 4.61. The normalized spacial score (nSPS) is 15.1. The molecule has 0 saturated heterocycles. The number of carbonyl (C=O) groups is 1. The third-order valence-electron chi connectivity index (χ3n) is 2.05. The summed E-state index contributed by atoms with van der Waals surface area (Å²) in [7, 11) is 0. The Morgan fingerprint density at radius 1 is 1.53 bits per heavy atom. The molecule has 0 spiro atoms. The van der Waals surface area contributed by atoms with Crippen LogP contribution in [0.15, 0.2) is 0 Å². The highest BCUT2D eigenvalue weighted by atomic mass is 32.2. The molecule has 0 aromatic rings. The third kappa shape index (κ3) is 8.75. The first-order valence-electron chi connectivity index (χ1n) is 5.35. The molecule has 0 radical (unpaired) electrons. The van der Waals surface area contributed by atoms with E-state index in [1.54, 1.807) is 18.7 Å². The zero-order valence-corrected chi connectivity index (χ0v) is 11.0. The fourth-order valence-electron chi connectivity index (χ4n) is 1.52.